The van der Waals surface area contributed by atoms with Crippen LogP contribution in [0.4, 0.5) is 5.69 Å². The molecule has 1 aromatic rings. The number of nitrogens with zero attached hydrogens (tertiary/aromatic N) is 1. The van der Waals surface area contributed by atoms with Crippen molar-refractivity contribution < 1.29 is 13.2 Å². The summed E-state index contributed by atoms with van der Waals surface area (Å²) in [5.74, 6) is 0.255. The van der Waals surface area contributed by atoms with Gasteiger partial charge in [0.2, 0.25) is 5.91 Å². The zero-order chi connectivity index (χ0) is 14.8. The van der Waals surface area contributed by atoms with Gasteiger partial charge in [-0.3, -0.25) is 9.69 Å². The van der Waals surface area contributed by atoms with E-state index < -0.39 is 9.84 Å². The molecule has 1 amide bonds. The fourth-order valence-electron chi connectivity index (χ4n) is 2.40. The van der Waals surface area contributed by atoms with E-state index in [-0.39, 0.29) is 30.0 Å². The van der Waals surface area contributed by atoms with Crippen LogP contribution in [0.1, 0.15) is 12.0 Å². The summed E-state index contributed by atoms with van der Waals surface area (Å²) in [7, 11) is -1.12. The summed E-state index contributed by atoms with van der Waals surface area (Å²) < 4.78 is 22.9. The Kier molecular flexibility index (Phi) is 4.45. The van der Waals surface area contributed by atoms with Gasteiger partial charge in [-0.15, -0.1) is 0 Å². The minimum Gasteiger partial charge on any atom is -0.325 e. The largest absolute Gasteiger partial charge is 0.325 e. The third kappa shape index (κ3) is 4.05. The topological polar surface area (TPSA) is 66.5 Å². The van der Waals surface area contributed by atoms with Gasteiger partial charge in [0.25, 0.3) is 0 Å². The maximum absolute atomic E-state index is 12.0. The molecule has 0 spiro atoms. The van der Waals surface area contributed by atoms with Crippen molar-refractivity contribution in [1.82, 2.24) is 4.90 Å². The minimum absolute atomic E-state index is 0.0525. The predicted molar refractivity (Wildman–Crippen MR) is 79.5 cm³/mol. The first-order chi connectivity index (χ1) is 9.35. The lowest BCUT2D eigenvalue weighted by molar-refractivity contribution is -0.117. The Labute approximate surface area is 119 Å². The molecule has 5 nitrogen and oxygen atoms in total. The van der Waals surface area contributed by atoms with Gasteiger partial charge >= 0.3 is 0 Å². The summed E-state index contributed by atoms with van der Waals surface area (Å²) in [4.78, 5) is 13.8. The van der Waals surface area contributed by atoms with Crippen molar-refractivity contribution in [3.63, 3.8) is 0 Å². The Morgan fingerprint density at radius 1 is 1.45 bits per heavy atom. The monoisotopic (exact) mass is 296 g/mol. The Morgan fingerprint density at radius 3 is 2.80 bits per heavy atom. The molecule has 1 saturated heterocycles. The van der Waals surface area contributed by atoms with Crippen LogP contribution in [-0.2, 0) is 14.6 Å². The molecule has 1 N–H and O–H groups in total. The number of nitrogens with one attached hydrogen (secondary N) is 1. The van der Waals surface area contributed by atoms with Gasteiger partial charge in [0.15, 0.2) is 9.84 Å². The van der Waals surface area contributed by atoms with Gasteiger partial charge in [-0.05, 0) is 38.1 Å². The molecule has 1 atom stereocenters. The predicted octanol–water partition coefficient (Wildman–Crippen LogP) is 1.05. The van der Waals surface area contributed by atoms with Crippen LogP contribution in [-0.4, -0.2) is 50.4 Å². The van der Waals surface area contributed by atoms with Gasteiger partial charge in [-0.1, -0.05) is 12.1 Å². The number of anilines is 1. The van der Waals surface area contributed by atoms with Crippen LogP contribution in [0.15, 0.2) is 24.3 Å². The molecule has 1 unspecified atom stereocenters. The fourth-order valence-corrected chi connectivity index (χ4v) is 4.21. The summed E-state index contributed by atoms with van der Waals surface area (Å²) in [6, 6.07) is 7.54. The number of aryl methyl sites for hydroxylation is 1. The standard InChI is InChI=1S/C14H20N2O3S/c1-11-4-3-5-12(8-11)15-14(17)9-16(2)13-6-7-20(18,19)10-13/h3-5,8,13H,6-7,9-10H2,1-2H3,(H,15,17). The van der Waals surface area contributed by atoms with Crippen LogP contribution < -0.4 is 5.32 Å². The number of amides is 1. The number of carbonyl (C=O) groups is 1. The Hall–Kier alpha value is -1.40. The average Bonchev–Trinajstić information content (AvgIpc) is 2.69. The lowest BCUT2D eigenvalue weighted by Gasteiger charge is -2.22. The summed E-state index contributed by atoms with van der Waals surface area (Å²) in [5.41, 5.74) is 1.85. The van der Waals surface area contributed by atoms with Gasteiger partial charge in [-0.2, -0.15) is 0 Å². The molecule has 20 heavy (non-hydrogen) atoms. The van der Waals surface area contributed by atoms with Gasteiger partial charge in [0.05, 0.1) is 18.1 Å². The fraction of sp³-hybridized carbons (Fsp3) is 0.500. The van der Waals surface area contributed by atoms with E-state index in [1.54, 1.807) is 7.05 Å². The van der Waals surface area contributed by atoms with E-state index in [0.717, 1.165) is 11.3 Å². The van der Waals surface area contributed by atoms with Crippen molar-refractivity contribution in [3.05, 3.63) is 29.8 Å². The van der Waals surface area contributed by atoms with E-state index in [9.17, 15) is 13.2 Å². The van der Waals surface area contributed by atoms with Gasteiger partial charge < -0.3 is 5.32 Å². The van der Waals surface area contributed by atoms with Crippen molar-refractivity contribution in [2.75, 3.05) is 30.4 Å². The number of carbonyl (C=O) groups excluding carboxylic acids is 1. The van der Waals surface area contributed by atoms with Gasteiger partial charge in [0, 0.05) is 11.7 Å². The molecule has 1 aliphatic heterocycles. The van der Waals surface area contributed by atoms with Crippen molar-refractivity contribution in [2.24, 2.45) is 0 Å². The first-order valence-corrected chi connectivity index (χ1v) is 8.45. The molecule has 0 aliphatic carbocycles. The molecular weight excluding hydrogens is 276 g/mol. The molecular formula is C14H20N2O3S. The Bertz CT molecular complexity index is 598. The summed E-state index contributed by atoms with van der Waals surface area (Å²) in [5, 5.41) is 2.83. The second-order valence-electron chi connectivity index (χ2n) is 5.39. The molecule has 0 bridgehead atoms. The van der Waals surface area contributed by atoms with Crippen molar-refractivity contribution in [2.45, 2.75) is 19.4 Å². The highest BCUT2D eigenvalue weighted by Crippen LogP contribution is 2.16. The third-order valence-electron chi connectivity index (χ3n) is 3.53. The Balaban J connectivity index is 1.88. The number of rotatable bonds is 4. The molecule has 1 aliphatic rings. The van der Waals surface area contributed by atoms with E-state index >= 15 is 0 Å². The number of hydrogen-bond acceptors (Lipinski definition) is 4. The Morgan fingerprint density at radius 2 is 2.20 bits per heavy atom. The maximum Gasteiger partial charge on any atom is 0.238 e. The average molecular weight is 296 g/mol. The molecule has 1 fully saturated rings. The number of likely N-dealkylation sites (N-methyl/N-ethyl adjacent to an activating group) is 1. The minimum atomic E-state index is -2.91. The quantitative estimate of drug-likeness (QED) is 0.902. The van der Waals surface area contributed by atoms with Crippen LogP contribution in [0.5, 0.6) is 0 Å². The molecule has 110 valence electrons. The molecule has 0 aromatic heterocycles. The second-order valence-corrected chi connectivity index (χ2v) is 7.62. The lowest BCUT2D eigenvalue weighted by atomic mass is 10.2. The molecule has 1 heterocycles. The van der Waals surface area contributed by atoms with Gasteiger partial charge in [-0.25, -0.2) is 8.42 Å². The lowest BCUT2D eigenvalue weighted by Crippen LogP contribution is -2.38. The molecule has 2 rings (SSSR count). The van der Waals surface area contributed by atoms with Crippen molar-refractivity contribution in [1.29, 1.82) is 0 Å². The van der Waals surface area contributed by atoms with Crippen molar-refractivity contribution in [3.8, 4) is 0 Å². The zero-order valence-electron chi connectivity index (χ0n) is 11.8. The van der Waals surface area contributed by atoms with E-state index in [0.29, 0.717) is 6.42 Å². The summed E-state index contributed by atoms with van der Waals surface area (Å²) in [6.45, 7) is 2.17. The number of hydrogen-bond donors (Lipinski definition) is 1. The van der Waals surface area contributed by atoms with Crippen LogP contribution in [0.25, 0.3) is 0 Å². The van der Waals surface area contributed by atoms with Crippen molar-refractivity contribution >= 4 is 21.4 Å². The second kappa shape index (κ2) is 5.93. The number of sulfone groups is 1. The molecule has 6 heteroatoms. The van der Waals surface area contributed by atoms with E-state index in [2.05, 4.69) is 5.32 Å². The smallest absolute Gasteiger partial charge is 0.238 e. The highest BCUT2D eigenvalue weighted by atomic mass is 32.2. The SMILES string of the molecule is Cc1cccc(NC(=O)CN(C)C2CCS(=O)(=O)C2)c1. The van der Waals surface area contributed by atoms with Crippen LogP contribution in [0, 0.1) is 6.92 Å². The van der Waals surface area contributed by atoms with Crippen LogP contribution in [0.3, 0.4) is 0 Å². The number of benzene rings is 1. The summed E-state index contributed by atoms with van der Waals surface area (Å²) in [6.07, 6.45) is 0.608. The highest BCUT2D eigenvalue weighted by Gasteiger charge is 2.31. The normalized spacial score (nSPS) is 21.1. The molecule has 0 saturated carbocycles. The van der Waals surface area contributed by atoms with E-state index in [1.807, 2.05) is 36.1 Å². The first kappa shape index (κ1) is 15.0. The molecule has 0 radical (unpaired) electrons. The third-order valence-corrected chi connectivity index (χ3v) is 5.28. The maximum atomic E-state index is 12.0. The van der Waals surface area contributed by atoms with Gasteiger partial charge in [0.1, 0.15) is 0 Å². The van der Waals surface area contributed by atoms with Crippen LogP contribution >= 0.6 is 0 Å². The van der Waals surface area contributed by atoms with E-state index in [1.165, 1.54) is 0 Å². The van der Waals surface area contributed by atoms with E-state index in [4.69, 9.17) is 0 Å². The first-order valence-electron chi connectivity index (χ1n) is 6.63. The highest BCUT2D eigenvalue weighted by molar-refractivity contribution is 7.91. The zero-order valence-corrected chi connectivity index (χ0v) is 12.6. The molecule has 1 aromatic carbocycles. The van der Waals surface area contributed by atoms with Crippen LogP contribution in [0.2, 0.25) is 0 Å². The summed E-state index contributed by atoms with van der Waals surface area (Å²) >= 11 is 0.